The van der Waals surface area contributed by atoms with Gasteiger partial charge in [0.25, 0.3) is 0 Å². The molecule has 2 aromatic rings. The van der Waals surface area contributed by atoms with Gasteiger partial charge in [0.05, 0.1) is 10.8 Å². The summed E-state index contributed by atoms with van der Waals surface area (Å²) in [7, 11) is -0.372. The van der Waals surface area contributed by atoms with Crippen molar-refractivity contribution in [3.63, 3.8) is 0 Å². The van der Waals surface area contributed by atoms with Crippen LogP contribution in [0.5, 0.6) is 0 Å². The summed E-state index contributed by atoms with van der Waals surface area (Å²) < 4.78 is 30.6. The minimum atomic E-state index is -3.31. The van der Waals surface area contributed by atoms with E-state index < -0.39 is 15.8 Å². The second kappa shape index (κ2) is 6.64. The van der Waals surface area contributed by atoms with Gasteiger partial charge in [0.15, 0.2) is 5.82 Å². The van der Waals surface area contributed by atoms with Gasteiger partial charge in [-0.25, -0.2) is 17.5 Å². The molecule has 0 N–H and O–H groups in total. The molecule has 0 aliphatic carbocycles. The van der Waals surface area contributed by atoms with Gasteiger partial charge in [-0.1, -0.05) is 28.9 Å². The fourth-order valence-corrected chi connectivity index (χ4v) is 2.97. The van der Waals surface area contributed by atoms with Gasteiger partial charge in [-0.05, 0) is 18.6 Å². The highest BCUT2D eigenvalue weighted by Gasteiger charge is 2.17. The van der Waals surface area contributed by atoms with Crippen molar-refractivity contribution >= 4 is 21.6 Å². The number of halogens is 1. The lowest BCUT2D eigenvalue weighted by Gasteiger charge is -2.11. The molecule has 0 amide bonds. The van der Waals surface area contributed by atoms with Crippen molar-refractivity contribution in [2.75, 3.05) is 19.8 Å². The highest BCUT2D eigenvalue weighted by molar-refractivity contribution is 7.89. The van der Waals surface area contributed by atoms with E-state index in [1.165, 1.54) is 18.7 Å². The van der Waals surface area contributed by atoms with Gasteiger partial charge in [0.2, 0.25) is 10.0 Å². The first-order chi connectivity index (χ1) is 10.3. The molecule has 1 heterocycles. The zero-order valence-electron chi connectivity index (χ0n) is 12.2. The molecule has 0 aliphatic rings. The van der Waals surface area contributed by atoms with E-state index in [1.54, 1.807) is 24.3 Å². The number of sulfonamides is 1. The molecule has 0 atom stereocenters. The Morgan fingerprint density at radius 1 is 1.32 bits per heavy atom. The van der Waals surface area contributed by atoms with Gasteiger partial charge in [0, 0.05) is 26.2 Å². The number of nitrogens with zero attached hydrogens (tertiary/aromatic N) is 3. The Bertz CT molecular complexity index is 811. The first-order valence-electron chi connectivity index (χ1n) is 6.54. The molecule has 1 aromatic carbocycles. The Kier molecular flexibility index (Phi) is 5.05. The maximum atomic E-state index is 11.7. The molecule has 0 saturated heterocycles. The molecule has 0 spiro atoms. The average molecular weight is 346 g/mol. The van der Waals surface area contributed by atoms with Gasteiger partial charge < -0.3 is 0 Å². The summed E-state index contributed by atoms with van der Waals surface area (Å²) in [6.45, 7) is 0.177. The summed E-state index contributed by atoms with van der Waals surface area (Å²) in [5, 5.41) is 4.16. The Labute approximate surface area is 133 Å². The van der Waals surface area contributed by atoms with Crippen molar-refractivity contribution in [1.29, 1.82) is 0 Å². The Balaban J connectivity index is 2.22. The first kappa shape index (κ1) is 16.7. The number of rotatable bonds is 6. The third kappa shape index (κ3) is 3.57. The lowest BCUT2D eigenvalue weighted by Crippen LogP contribution is -2.26. The quantitative estimate of drug-likeness (QED) is 0.790. The molecular weight excluding hydrogens is 330 g/mol. The van der Waals surface area contributed by atoms with E-state index >= 15 is 0 Å². The lowest BCUT2D eigenvalue weighted by molar-refractivity contribution is 0.375. The molecule has 2 rings (SSSR count). The first-order valence-corrected chi connectivity index (χ1v) is 8.53. The summed E-state index contributed by atoms with van der Waals surface area (Å²) >= 11 is 6.09. The van der Waals surface area contributed by atoms with E-state index in [1.807, 2.05) is 0 Å². The zero-order valence-corrected chi connectivity index (χ0v) is 13.8. The summed E-state index contributed by atoms with van der Waals surface area (Å²) in [4.78, 5) is 11.7. The minimum Gasteiger partial charge on any atom is -0.295 e. The fraction of sp³-hybridized carbons (Fsp3) is 0.385. The van der Waals surface area contributed by atoms with E-state index in [2.05, 4.69) is 9.68 Å². The van der Waals surface area contributed by atoms with Crippen molar-refractivity contribution in [2.24, 2.45) is 0 Å². The molecule has 22 heavy (non-hydrogen) atoms. The standard InChI is InChI=1S/C13H16ClN3O4S/c1-16(2)22(19,20)9-5-8-17-12(15-21-13(17)18)10-6-3-4-7-11(10)14/h3-4,6-7H,5,8-9H2,1-2H3. The highest BCUT2D eigenvalue weighted by atomic mass is 35.5. The summed E-state index contributed by atoms with van der Waals surface area (Å²) in [5.41, 5.74) is 0.561. The average Bonchev–Trinajstić information content (AvgIpc) is 2.81. The SMILES string of the molecule is CN(C)S(=O)(=O)CCCn1c(-c2ccccc2Cl)noc1=O. The van der Waals surface area contributed by atoms with Gasteiger partial charge >= 0.3 is 5.76 Å². The minimum absolute atomic E-state index is 0.0699. The van der Waals surface area contributed by atoms with E-state index in [9.17, 15) is 13.2 Å². The van der Waals surface area contributed by atoms with Crippen molar-refractivity contribution in [3.05, 3.63) is 39.8 Å². The topological polar surface area (TPSA) is 85.4 Å². The van der Waals surface area contributed by atoms with Crippen LogP contribution in [0.1, 0.15) is 6.42 Å². The second-order valence-electron chi connectivity index (χ2n) is 4.86. The monoisotopic (exact) mass is 345 g/mol. The van der Waals surface area contributed by atoms with Crippen LogP contribution in [0.4, 0.5) is 0 Å². The van der Waals surface area contributed by atoms with Crippen LogP contribution in [0.15, 0.2) is 33.6 Å². The van der Waals surface area contributed by atoms with Gasteiger partial charge in [-0.2, -0.15) is 0 Å². The molecule has 0 saturated carbocycles. The molecule has 120 valence electrons. The molecular formula is C13H16ClN3O4S. The number of hydrogen-bond acceptors (Lipinski definition) is 5. The molecule has 1 aromatic heterocycles. The van der Waals surface area contributed by atoms with Crippen molar-refractivity contribution < 1.29 is 12.9 Å². The molecule has 7 nitrogen and oxygen atoms in total. The van der Waals surface area contributed by atoms with E-state index in [4.69, 9.17) is 11.6 Å². The van der Waals surface area contributed by atoms with Crippen LogP contribution in [-0.2, 0) is 16.6 Å². The van der Waals surface area contributed by atoms with Crippen LogP contribution < -0.4 is 5.76 Å². The Hall–Kier alpha value is -1.64. The van der Waals surface area contributed by atoms with Gasteiger partial charge in [0.1, 0.15) is 0 Å². The molecule has 0 radical (unpaired) electrons. The Morgan fingerprint density at radius 2 is 2.00 bits per heavy atom. The van der Waals surface area contributed by atoms with E-state index in [0.29, 0.717) is 10.6 Å². The Morgan fingerprint density at radius 3 is 2.64 bits per heavy atom. The van der Waals surface area contributed by atoms with Gasteiger partial charge in [-0.3, -0.25) is 9.09 Å². The maximum absolute atomic E-state index is 11.7. The van der Waals surface area contributed by atoms with Gasteiger partial charge in [-0.15, -0.1) is 0 Å². The number of hydrogen-bond donors (Lipinski definition) is 0. The summed E-state index contributed by atoms with van der Waals surface area (Å²) in [6.07, 6.45) is 0.263. The van der Waals surface area contributed by atoms with Crippen LogP contribution in [0, 0.1) is 0 Å². The van der Waals surface area contributed by atoms with Crippen molar-refractivity contribution in [1.82, 2.24) is 14.0 Å². The van der Waals surface area contributed by atoms with E-state index in [0.717, 1.165) is 4.31 Å². The normalized spacial score (nSPS) is 12.0. The number of benzene rings is 1. The summed E-state index contributed by atoms with van der Waals surface area (Å²) in [5.74, 6) is -0.422. The largest absolute Gasteiger partial charge is 0.441 e. The van der Waals surface area contributed by atoms with Crippen LogP contribution in [-0.4, -0.2) is 42.3 Å². The predicted molar refractivity (Wildman–Crippen MR) is 83.3 cm³/mol. The molecule has 0 fully saturated rings. The maximum Gasteiger partial charge on any atom is 0.441 e. The summed E-state index contributed by atoms with van der Waals surface area (Å²) in [6, 6.07) is 6.92. The van der Waals surface area contributed by atoms with Crippen LogP contribution in [0.25, 0.3) is 11.4 Å². The third-order valence-electron chi connectivity index (χ3n) is 3.14. The molecule has 0 unspecified atom stereocenters. The molecule has 9 heteroatoms. The lowest BCUT2D eigenvalue weighted by atomic mass is 10.2. The smallest absolute Gasteiger partial charge is 0.295 e. The second-order valence-corrected chi connectivity index (χ2v) is 7.57. The highest BCUT2D eigenvalue weighted by Crippen LogP contribution is 2.25. The predicted octanol–water partition coefficient (Wildman–Crippen LogP) is 1.44. The van der Waals surface area contributed by atoms with Crippen LogP contribution >= 0.6 is 11.6 Å². The van der Waals surface area contributed by atoms with Crippen LogP contribution in [0.3, 0.4) is 0 Å². The number of aromatic nitrogens is 2. The fourth-order valence-electron chi connectivity index (χ4n) is 1.89. The molecule has 0 aliphatic heterocycles. The third-order valence-corrected chi connectivity index (χ3v) is 5.39. The van der Waals surface area contributed by atoms with Crippen LogP contribution in [0.2, 0.25) is 5.02 Å². The molecule has 0 bridgehead atoms. The van der Waals surface area contributed by atoms with Crippen molar-refractivity contribution in [3.8, 4) is 11.4 Å². The van der Waals surface area contributed by atoms with E-state index in [-0.39, 0.29) is 24.5 Å². The van der Waals surface area contributed by atoms with Crippen molar-refractivity contribution in [2.45, 2.75) is 13.0 Å². The zero-order chi connectivity index (χ0) is 16.3.